The normalized spacial score (nSPS) is 16.2. The third-order valence-corrected chi connectivity index (χ3v) is 5.68. The quantitative estimate of drug-likeness (QED) is 0.746. The number of aliphatic hydroxyl groups excluding tert-OH is 1. The fraction of sp³-hybridized carbons (Fsp3) is 0.667. The van der Waals surface area contributed by atoms with E-state index < -0.39 is 5.60 Å². The lowest BCUT2D eigenvalue weighted by Gasteiger charge is -2.33. The van der Waals surface area contributed by atoms with Gasteiger partial charge in [-0.2, -0.15) is 0 Å². The SMILES string of the molecule is CC(C)(C)OC(=O)N1CCC(CCCc2ccc(C(O)=S)s2)CC1. The van der Waals surface area contributed by atoms with Crippen molar-refractivity contribution in [1.82, 2.24) is 4.90 Å². The van der Waals surface area contributed by atoms with Gasteiger partial charge in [0.1, 0.15) is 5.60 Å². The molecule has 2 rings (SSSR count). The zero-order chi connectivity index (χ0) is 17.7. The average Bonchev–Trinajstić information content (AvgIpc) is 2.95. The number of nitrogens with zero attached hydrogens (tertiary/aromatic N) is 1. The maximum Gasteiger partial charge on any atom is 0.410 e. The van der Waals surface area contributed by atoms with Gasteiger partial charge in [-0.25, -0.2) is 4.79 Å². The molecule has 0 saturated carbocycles. The Bertz CT molecular complexity index is 569. The minimum Gasteiger partial charge on any atom is -0.498 e. The van der Waals surface area contributed by atoms with Crippen molar-refractivity contribution in [2.75, 3.05) is 13.1 Å². The molecule has 24 heavy (non-hydrogen) atoms. The number of rotatable bonds is 5. The van der Waals surface area contributed by atoms with Gasteiger partial charge in [0.05, 0.1) is 4.88 Å². The lowest BCUT2D eigenvalue weighted by atomic mass is 9.91. The zero-order valence-electron chi connectivity index (χ0n) is 14.7. The average molecular weight is 370 g/mol. The predicted molar refractivity (Wildman–Crippen MR) is 102 cm³/mol. The number of thiophene rings is 1. The standard InChI is InChI=1S/C18H27NO3S2/c1-18(2,3)22-17(21)19-11-9-13(10-12-19)5-4-6-14-7-8-15(24-14)16(20)23/h7-8,13H,4-6,9-12H2,1-3H3,(H,20,23). The first kappa shape index (κ1) is 19.2. The predicted octanol–water partition coefficient (Wildman–Crippen LogP) is 4.95. The van der Waals surface area contributed by atoms with E-state index in [1.165, 1.54) is 11.3 Å². The Morgan fingerprint density at radius 2 is 2.04 bits per heavy atom. The highest BCUT2D eigenvalue weighted by Crippen LogP contribution is 2.25. The highest BCUT2D eigenvalue weighted by atomic mass is 32.1. The van der Waals surface area contributed by atoms with Crippen LogP contribution >= 0.6 is 23.6 Å². The van der Waals surface area contributed by atoms with Crippen molar-refractivity contribution in [3.63, 3.8) is 0 Å². The van der Waals surface area contributed by atoms with Crippen molar-refractivity contribution in [3.05, 3.63) is 21.9 Å². The molecule has 1 aliphatic heterocycles. The molecule has 0 unspecified atom stereocenters. The van der Waals surface area contributed by atoms with Gasteiger partial charge in [-0.1, -0.05) is 0 Å². The van der Waals surface area contributed by atoms with Crippen molar-refractivity contribution in [3.8, 4) is 0 Å². The smallest absolute Gasteiger partial charge is 0.410 e. The molecule has 0 aromatic carbocycles. The van der Waals surface area contributed by atoms with Gasteiger partial charge >= 0.3 is 6.09 Å². The van der Waals surface area contributed by atoms with E-state index >= 15 is 0 Å². The highest BCUT2D eigenvalue weighted by Gasteiger charge is 2.26. The maximum atomic E-state index is 12.1. The number of carbonyl (C=O) groups excluding carboxylic acids is 1. The van der Waals surface area contributed by atoms with E-state index in [-0.39, 0.29) is 11.1 Å². The summed E-state index contributed by atoms with van der Waals surface area (Å²) < 4.78 is 5.43. The Morgan fingerprint density at radius 3 is 2.58 bits per heavy atom. The summed E-state index contributed by atoms with van der Waals surface area (Å²) >= 11 is 6.36. The van der Waals surface area contributed by atoms with Crippen molar-refractivity contribution in [1.29, 1.82) is 0 Å². The number of likely N-dealkylation sites (tertiary alicyclic amines) is 1. The van der Waals surface area contributed by atoms with Crippen LogP contribution in [-0.2, 0) is 11.2 Å². The number of ether oxygens (including phenoxy) is 1. The summed E-state index contributed by atoms with van der Waals surface area (Å²) in [6.45, 7) is 7.29. The molecule has 1 N–H and O–H groups in total. The van der Waals surface area contributed by atoms with Gasteiger partial charge in [-0.3, -0.25) is 0 Å². The zero-order valence-corrected chi connectivity index (χ0v) is 16.3. The first-order chi connectivity index (χ1) is 11.2. The van der Waals surface area contributed by atoms with Crippen molar-refractivity contribution < 1.29 is 14.6 Å². The first-order valence-corrected chi connectivity index (χ1v) is 9.77. The lowest BCUT2D eigenvalue weighted by Crippen LogP contribution is -2.41. The van der Waals surface area contributed by atoms with Crippen molar-refractivity contribution >= 4 is 34.7 Å². The molecule has 1 amide bonds. The minimum absolute atomic E-state index is 0.0132. The summed E-state index contributed by atoms with van der Waals surface area (Å²) in [7, 11) is 0. The van der Waals surface area contributed by atoms with E-state index in [0.29, 0.717) is 5.92 Å². The number of aliphatic hydroxyl groups is 1. The van der Waals surface area contributed by atoms with Crippen LogP contribution in [0.15, 0.2) is 12.1 Å². The lowest BCUT2D eigenvalue weighted by molar-refractivity contribution is 0.0180. The Labute approximate surface area is 153 Å². The Morgan fingerprint density at radius 1 is 1.38 bits per heavy atom. The van der Waals surface area contributed by atoms with Crippen LogP contribution < -0.4 is 0 Å². The van der Waals surface area contributed by atoms with Gasteiger partial charge < -0.3 is 14.7 Å². The number of piperidine rings is 1. The third-order valence-electron chi connectivity index (χ3n) is 4.17. The van der Waals surface area contributed by atoms with Crippen LogP contribution in [0.2, 0.25) is 0 Å². The van der Waals surface area contributed by atoms with Gasteiger partial charge in [-0.05, 0) is 83.1 Å². The Kier molecular flexibility index (Phi) is 6.63. The summed E-state index contributed by atoms with van der Waals surface area (Å²) in [5, 5.41) is 9.29. The number of amides is 1. The molecule has 1 aliphatic rings. The molecule has 6 heteroatoms. The highest BCUT2D eigenvalue weighted by molar-refractivity contribution is 7.80. The molecule has 0 aliphatic carbocycles. The molecule has 0 atom stereocenters. The molecule has 2 heterocycles. The molecule has 4 nitrogen and oxygen atoms in total. The van der Waals surface area contributed by atoms with E-state index in [9.17, 15) is 9.90 Å². The van der Waals surface area contributed by atoms with Crippen LogP contribution in [0.4, 0.5) is 4.79 Å². The van der Waals surface area contributed by atoms with E-state index in [1.807, 2.05) is 37.8 Å². The van der Waals surface area contributed by atoms with Gasteiger partial charge in [0.2, 0.25) is 0 Å². The van der Waals surface area contributed by atoms with Gasteiger partial charge in [0.15, 0.2) is 5.05 Å². The van der Waals surface area contributed by atoms with E-state index in [4.69, 9.17) is 17.0 Å². The summed E-state index contributed by atoms with van der Waals surface area (Å²) in [5.41, 5.74) is -0.426. The summed E-state index contributed by atoms with van der Waals surface area (Å²) in [6.07, 6.45) is 5.26. The molecule has 0 radical (unpaired) electrons. The van der Waals surface area contributed by atoms with Crippen LogP contribution in [-0.4, -0.2) is 39.8 Å². The molecule has 1 fully saturated rings. The van der Waals surface area contributed by atoms with E-state index in [1.54, 1.807) is 11.3 Å². The topological polar surface area (TPSA) is 49.8 Å². The largest absolute Gasteiger partial charge is 0.498 e. The molecule has 1 saturated heterocycles. The first-order valence-electron chi connectivity index (χ1n) is 8.54. The second-order valence-corrected chi connectivity index (χ2v) is 8.93. The molecule has 134 valence electrons. The number of thiocarbonyl (C=S) groups is 1. The summed E-state index contributed by atoms with van der Waals surface area (Å²) in [5.74, 6) is 0.682. The number of hydrogen-bond acceptors (Lipinski definition) is 4. The third kappa shape index (κ3) is 6.06. The van der Waals surface area contributed by atoms with Crippen molar-refractivity contribution in [2.45, 2.75) is 58.5 Å². The molecule has 0 bridgehead atoms. The van der Waals surface area contributed by atoms with Gasteiger partial charge in [0.25, 0.3) is 0 Å². The number of hydrogen-bond donors (Lipinski definition) is 1. The van der Waals surface area contributed by atoms with E-state index in [0.717, 1.165) is 43.6 Å². The number of carbonyl (C=O) groups is 1. The summed E-state index contributed by atoms with van der Waals surface area (Å²) in [4.78, 5) is 15.9. The van der Waals surface area contributed by atoms with Crippen LogP contribution in [0.5, 0.6) is 0 Å². The monoisotopic (exact) mass is 369 g/mol. The minimum atomic E-state index is -0.426. The Balaban J connectivity index is 1.67. The fourth-order valence-corrected chi connectivity index (χ4v) is 4.00. The van der Waals surface area contributed by atoms with Gasteiger partial charge in [0, 0.05) is 18.0 Å². The van der Waals surface area contributed by atoms with Gasteiger partial charge in [-0.15, -0.1) is 11.3 Å². The van der Waals surface area contributed by atoms with Crippen LogP contribution in [0.3, 0.4) is 0 Å². The van der Waals surface area contributed by atoms with Crippen LogP contribution in [0.25, 0.3) is 0 Å². The van der Waals surface area contributed by atoms with Crippen LogP contribution in [0, 0.1) is 5.92 Å². The second kappa shape index (κ2) is 8.30. The van der Waals surface area contributed by atoms with E-state index in [2.05, 4.69) is 0 Å². The van der Waals surface area contributed by atoms with Crippen molar-refractivity contribution in [2.24, 2.45) is 5.92 Å². The second-order valence-electron chi connectivity index (χ2n) is 7.37. The molecule has 0 spiro atoms. The molecule has 1 aromatic rings. The fourth-order valence-electron chi connectivity index (χ4n) is 2.92. The Hall–Kier alpha value is -1.14. The molecular weight excluding hydrogens is 342 g/mol. The number of aryl methyl sites for hydroxylation is 1. The van der Waals surface area contributed by atoms with Crippen LogP contribution in [0.1, 0.15) is 56.2 Å². The molecular formula is C18H27NO3S2. The molecule has 1 aromatic heterocycles. The maximum absolute atomic E-state index is 12.1. The summed E-state index contributed by atoms with van der Waals surface area (Å²) in [6, 6.07) is 3.94.